The van der Waals surface area contributed by atoms with Crippen LogP contribution in [0.25, 0.3) is 0 Å². The van der Waals surface area contributed by atoms with E-state index in [2.05, 4.69) is 27.9 Å². The van der Waals surface area contributed by atoms with Crippen LogP contribution in [0.15, 0.2) is 18.2 Å². The summed E-state index contributed by atoms with van der Waals surface area (Å²) >= 11 is 2.18. The van der Waals surface area contributed by atoms with Gasteiger partial charge in [-0.2, -0.15) is 0 Å². The molecule has 0 saturated carbocycles. The van der Waals surface area contributed by atoms with E-state index in [0.29, 0.717) is 17.7 Å². The number of hydrogen-bond acceptors (Lipinski definition) is 1. The van der Waals surface area contributed by atoms with Crippen LogP contribution < -0.4 is 5.32 Å². The van der Waals surface area contributed by atoms with Gasteiger partial charge < -0.3 is 5.32 Å². The molecule has 0 spiro atoms. The summed E-state index contributed by atoms with van der Waals surface area (Å²) in [5.74, 6) is -0.430. The smallest absolute Gasteiger partial charge is 0.251 e. The minimum Gasteiger partial charge on any atom is -0.351 e. The molecule has 0 saturated heterocycles. The van der Waals surface area contributed by atoms with Crippen molar-refractivity contribution in [2.75, 3.05) is 11.0 Å². The summed E-state index contributed by atoms with van der Waals surface area (Å²) in [4.78, 5) is 11.4. The maximum Gasteiger partial charge on any atom is 0.251 e. The van der Waals surface area contributed by atoms with E-state index in [4.69, 9.17) is 0 Å². The topological polar surface area (TPSA) is 29.1 Å². The third-order valence-corrected chi connectivity index (χ3v) is 2.34. The SMILES string of the molecule is Cc1cc(C(=O)NCCI)ccc1F. The molecular formula is C10H11FINO. The Morgan fingerprint density at radius 2 is 2.29 bits per heavy atom. The van der Waals surface area contributed by atoms with Crippen molar-refractivity contribution in [1.82, 2.24) is 5.32 Å². The first-order chi connectivity index (χ1) is 6.65. The van der Waals surface area contributed by atoms with Crippen LogP contribution in [0.5, 0.6) is 0 Å². The Balaban J connectivity index is 2.76. The van der Waals surface area contributed by atoms with Crippen molar-refractivity contribution in [3.8, 4) is 0 Å². The van der Waals surface area contributed by atoms with Gasteiger partial charge in [0, 0.05) is 16.5 Å². The fourth-order valence-electron chi connectivity index (χ4n) is 1.05. The maximum absolute atomic E-state index is 12.9. The molecule has 1 aromatic carbocycles. The molecule has 1 rings (SSSR count). The van der Waals surface area contributed by atoms with E-state index < -0.39 is 0 Å². The lowest BCUT2D eigenvalue weighted by Crippen LogP contribution is -2.25. The predicted molar refractivity (Wildman–Crippen MR) is 62.4 cm³/mol. The molecule has 0 aliphatic carbocycles. The Labute approximate surface area is 96.0 Å². The van der Waals surface area contributed by atoms with E-state index in [-0.39, 0.29) is 11.7 Å². The number of carbonyl (C=O) groups excluding carboxylic acids is 1. The number of aryl methyl sites for hydroxylation is 1. The molecule has 1 N–H and O–H groups in total. The molecule has 0 fully saturated rings. The van der Waals surface area contributed by atoms with E-state index in [1.165, 1.54) is 12.1 Å². The number of carbonyl (C=O) groups is 1. The van der Waals surface area contributed by atoms with E-state index in [0.717, 1.165) is 4.43 Å². The molecule has 0 aromatic heterocycles. The van der Waals surface area contributed by atoms with Gasteiger partial charge in [-0.25, -0.2) is 4.39 Å². The highest BCUT2D eigenvalue weighted by molar-refractivity contribution is 14.1. The quantitative estimate of drug-likeness (QED) is 0.674. The first kappa shape index (κ1) is 11.4. The van der Waals surface area contributed by atoms with E-state index in [9.17, 15) is 9.18 Å². The molecule has 0 unspecified atom stereocenters. The Morgan fingerprint density at radius 3 is 2.86 bits per heavy atom. The van der Waals surface area contributed by atoms with E-state index in [1.807, 2.05) is 0 Å². The zero-order chi connectivity index (χ0) is 10.6. The van der Waals surface area contributed by atoms with Gasteiger partial charge in [0.1, 0.15) is 5.82 Å². The zero-order valence-electron chi connectivity index (χ0n) is 7.81. The minimum atomic E-state index is -0.282. The average Bonchev–Trinajstić information content (AvgIpc) is 2.18. The molecule has 1 aromatic rings. The third kappa shape index (κ3) is 2.94. The summed E-state index contributed by atoms with van der Waals surface area (Å²) in [6, 6.07) is 4.36. The minimum absolute atomic E-state index is 0.148. The van der Waals surface area contributed by atoms with Crippen molar-refractivity contribution in [2.45, 2.75) is 6.92 Å². The van der Waals surface area contributed by atoms with Gasteiger partial charge in [0.15, 0.2) is 0 Å². The molecule has 0 radical (unpaired) electrons. The van der Waals surface area contributed by atoms with Gasteiger partial charge in [-0.05, 0) is 30.7 Å². The fraction of sp³-hybridized carbons (Fsp3) is 0.300. The van der Waals surface area contributed by atoms with Crippen molar-refractivity contribution >= 4 is 28.5 Å². The van der Waals surface area contributed by atoms with Gasteiger partial charge in [-0.3, -0.25) is 4.79 Å². The van der Waals surface area contributed by atoms with Crippen LogP contribution in [0.2, 0.25) is 0 Å². The van der Waals surface area contributed by atoms with Crippen molar-refractivity contribution in [3.05, 3.63) is 35.1 Å². The highest BCUT2D eigenvalue weighted by atomic mass is 127. The second kappa shape index (κ2) is 5.29. The Hall–Kier alpha value is -0.650. The van der Waals surface area contributed by atoms with Crippen LogP contribution in [0, 0.1) is 12.7 Å². The summed E-state index contributed by atoms with van der Waals surface area (Å²) in [6.07, 6.45) is 0. The molecule has 0 aliphatic heterocycles. The summed E-state index contributed by atoms with van der Waals surface area (Å²) in [5.41, 5.74) is 1.00. The molecule has 76 valence electrons. The Morgan fingerprint density at radius 1 is 1.57 bits per heavy atom. The van der Waals surface area contributed by atoms with Crippen LogP contribution in [-0.2, 0) is 0 Å². The van der Waals surface area contributed by atoms with Crippen LogP contribution in [0.3, 0.4) is 0 Å². The number of amides is 1. The van der Waals surface area contributed by atoms with E-state index >= 15 is 0 Å². The molecule has 14 heavy (non-hydrogen) atoms. The first-order valence-corrected chi connectivity index (χ1v) is 5.78. The summed E-state index contributed by atoms with van der Waals surface area (Å²) in [7, 11) is 0. The molecule has 0 atom stereocenters. The Bertz CT molecular complexity index is 341. The predicted octanol–water partition coefficient (Wildman–Crippen LogP) is 2.30. The second-order valence-corrected chi connectivity index (χ2v) is 3.99. The highest BCUT2D eigenvalue weighted by Gasteiger charge is 2.06. The summed E-state index contributed by atoms with van der Waals surface area (Å²) < 4.78 is 13.7. The Kier molecular flexibility index (Phi) is 4.31. The highest BCUT2D eigenvalue weighted by Crippen LogP contribution is 2.08. The van der Waals surface area contributed by atoms with Crippen LogP contribution in [0.1, 0.15) is 15.9 Å². The van der Waals surface area contributed by atoms with Crippen molar-refractivity contribution in [3.63, 3.8) is 0 Å². The monoisotopic (exact) mass is 307 g/mol. The first-order valence-electron chi connectivity index (χ1n) is 4.25. The van der Waals surface area contributed by atoms with Crippen LogP contribution in [0.4, 0.5) is 4.39 Å². The van der Waals surface area contributed by atoms with Gasteiger partial charge >= 0.3 is 0 Å². The number of nitrogens with one attached hydrogen (secondary N) is 1. The molecule has 2 nitrogen and oxygen atoms in total. The van der Waals surface area contributed by atoms with Crippen LogP contribution >= 0.6 is 22.6 Å². The lowest BCUT2D eigenvalue weighted by Gasteiger charge is -2.04. The molecule has 4 heteroatoms. The van der Waals surface area contributed by atoms with Gasteiger partial charge in [0.25, 0.3) is 5.91 Å². The van der Waals surface area contributed by atoms with Gasteiger partial charge in [0.05, 0.1) is 0 Å². The van der Waals surface area contributed by atoms with Gasteiger partial charge in [-0.1, -0.05) is 22.6 Å². The lowest BCUT2D eigenvalue weighted by atomic mass is 10.1. The second-order valence-electron chi connectivity index (χ2n) is 2.91. The maximum atomic E-state index is 12.9. The molecule has 1 amide bonds. The molecule has 0 bridgehead atoms. The fourth-order valence-corrected chi connectivity index (χ4v) is 1.32. The zero-order valence-corrected chi connectivity index (χ0v) is 9.97. The molecule has 0 heterocycles. The lowest BCUT2D eigenvalue weighted by molar-refractivity contribution is 0.0956. The van der Waals surface area contributed by atoms with E-state index in [1.54, 1.807) is 13.0 Å². The van der Waals surface area contributed by atoms with Crippen LogP contribution in [-0.4, -0.2) is 16.9 Å². The normalized spacial score (nSPS) is 9.93. The van der Waals surface area contributed by atoms with Crippen molar-refractivity contribution in [1.29, 1.82) is 0 Å². The van der Waals surface area contributed by atoms with Crippen molar-refractivity contribution < 1.29 is 9.18 Å². The third-order valence-electron chi connectivity index (χ3n) is 1.80. The number of halogens is 2. The number of hydrogen-bond donors (Lipinski definition) is 1. The largest absolute Gasteiger partial charge is 0.351 e. The van der Waals surface area contributed by atoms with Gasteiger partial charge in [-0.15, -0.1) is 0 Å². The van der Waals surface area contributed by atoms with Gasteiger partial charge in [0.2, 0.25) is 0 Å². The number of rotatable bonds is 3. The average molecular weight is 307 g/mol. The summed E-state index contributed by atoms with van der Waals surface area (Å²) in [5, 5.41) is 2.73. The number of alkyl halides is 1. The summed E-state index contributed by atoms with van der Waals surface area (Å²) in [6.45, 7) is 2.28. The molecule has 0 aliphatic rings. The standard InChI is InChI=1S/C10H11FINO/c1-7-6-8(2-3-9(7)11)10(14)13-5-4-12/h2-3,6H,4-5H2,1H3,(H,13,14). The molecular weight excluding hydrogens is 296 g/mol. The number of benzene rings is 1. The van der Waals surface area contributed by atoms with Crippen molar-refractivity contribution in [2.24, 2.45) is 0 Å².